The molecule has 0 aromatic heterocycles. The molecule has 9 nitrogen and oxygen atoms in total. The average molecular weight is 540 g/mol. The molecule has 2 aliphatic rings. The van der Waals surface area contributed by atoms with Crippen molar-refractivity contribution < 1.29 is 32.7 Å². The van der Waals surface area contributed by atoms with Crippen LogP contribution in [0.4, 0.5) is 22.8 Å². The summed E-state index contributed by atoms with van der Waals surface area (Å²) in [4.78, 5) is 36.7. The molecular formula is C16H28F3N5O4S4. The second kappa shape index (κ2) is 16.7. The summed E-state index contributed by atoms with van der Waals surface area (Å²) in [5.41, 5.74) is 0. The Morgan fingerprint density at radius 3 is 1.31 bits per heavy atom. The van der Waals surface area contributed by atoms with Crippen LogP contribution in [-0.2, 0) is 4.79 Å². The first-order valence-electron chi connectivity index (χ1n) is 9.77. The predicted octanol–water partition coefficient (Wildman–Crippen LogP) is 2.02. The van der Waals surface area contributed by atoms with E-state index in [9.17, 15) is 22.8 Å². The standard InChI is InChI=1S/C14H27N5O2S4.C2HF3O2/c20-13(18-5-9-22-23-10-6-18)16-3-1-15-2-4-17-14(21)19-7-11-24-25-12-8-19;3-2(4,5)1(6)7/h15H,1-12H2,(H,16,20)(H,17,21);(H,6,7). The number of hydrogen-bond acceptors (Lipinski definition) is 8. The van der Waals surface area contributed by atoms with Crippen molar-refractivity contribution in [2.45, 2.75) is 6.18 Å². The molecule has 2 rings (SSSR count). The topological polar surface area (TPSA) is 114 Å². The van der Waals surface area contributed by atoms with Crippen LogP contribution in [0.2, 0.25) is 0 Å². The molecule has 0 spiro atoms. The van der Waals surface area contributed by atoms with Crippen molar-refractivity contribution in [1.29, 1.82) is 0 Å². The lowest BCUT2D eigenvalue weighted by molar-refractivity contribution is -0.192. The van der Waals surface area contributed by atoms with Gasteiger partial charge >= 0.3 is 24.2 Å². The molecule has 0 atom stereocenters. The van der Waals surface area contributed by atoms with Gasteiger partial charge in [0.1, 0.15) is 0 Å². The molecule has 2 heterocycles. The number of carboxylic acid groups (broad SMARTS) is 1. The van der Waals surface area contributed by atoms with Crippen molar-refractivity contribution >= 4 is 61.2 Å². The third kappa shape index (κ3) is 13.6. The molecule has 0 aromatic rings. The van der Waals surface area contributed by atoms with Gasteiger partial charge in [0.15, 0.2) is 0 Å². The van der Waals surface area contributed by atoms with E-state index in [1.807, 2.05) is 53.0 Å². The number of urea groups is 2. The summed E-state index contributed by atoms with van der Waals surface area (Å²) in [6, 6.07) is 0.0465. The number of carboxylic acids is 1. The van der Waals surface area contributed by atoms with Crippen molar-refractivity contribution in [3.63, 3.8) is 0 Å². The zero-order valence-electron chi connectivity index (χ0n) is 17.3. The Balaban J connectivity index is 0.000000633. The van der Waals surface area contributed by atoms with Gasteiger partial charge in [-0.25, -0.2) is 14.4 Å². The summed E-state index contributed by atoms with van der Waals surface area (Å²) >= 11 is 0. The fraction of sp³-hybridized carbons (Fsp3) is 0.812. The second-order valence-corrected chi connectivity index (χ2v) is 11.7. The third-order valence-electron chi connectivity index (χ3n) is 3.92. The Bertz CT molecular complexity index is 540. The summed E-state index contributed by atoms with van der Waals surface area (Å²) in [5.74, 6) is 1.21. The SMILES string of the molecule is O=C(NCCNCCNC(=O)N1CCSSCC1)N1CCSSCC1.O=C(O)C(F)(F)F. The monoisotopic (exact) mass is 539 g/mol. The fourth-order valence-corrected chi connectivity index (χ4v) is 6.28. The first kappa shape index (κ1) is 29.2. The van der Waals surface area contributed by atoms with E-state index in [0.717, 1.165) is 49.2 Å². The molecule has 4 amide bonds. The van der Waals surface area contributed by atoms with Gasteiger partial charge in [0.25, 0.3) is 0 Å². The molecule has 2 fully saturated rings. The predicted molar refractivity (Wildman–Crippen MR) is 126 cm³/mol. The molecule has 0 bridgehead atoms. The lowest BCUT2D eigenvalue weighted by Crippen LogP contribution is -2.45. The number of nitrogens with zero attached hydrogens (tertiary/aromatic N) is 2. The Morgan fingerprint density at radius 2 is 1.03 bits per heavy atom. The first-order chi connectivity index (χ1) is 15.2. The van der Waals surface area contributed by atoms with E-state index >= 15 is 0 Å². The van der Waals surface area contributed by atoms with Gasteiger partial charge in [0.05, 0.1) is 0 Å². The van der Waals surface area contributed by atoms with Crippen LogP contribution in [0.3, 0.4) is 0 Å². The largest absolute Gasteiger partial charge is 0.490 e. The average Bonchev–Trinajstić information content (AvgIpc) is 3.18. The molecule has 0 radical (unpaired) electrons. The van der Waals surface area contributed by atoms with Crippen LogP contribution >= 0.6 is 43.2 Å². The fourth-order valence-electron chi connectivity index (χ4n) is 2.32. The third-order valence-corrected chi connectivity index (χ3v) is 8.65. The smallest absolute Gasteiger partial charge is 0.475 e. The van der Waals surface area contributed by atoms with Crippen LogP contribution in [0, 0.1) is 0 Å². The molecule has 0 saturated carbocycles. The van der Waals surface area contributed by atoms with Gasteiger partial charge in [-0.1, -0.05) is 43.2 Å². The lowest BCUT2D eigenvalue weighted by Gasteiger charge is -2.21. The number of aliphatic carboxylic acids is 1. The summed E-state index contributed by atoms with van der Waals surface area (Å²) < 4.78 is 31.7. The maximum absolute atomic E-state index is 12.0. The Hall–Kier alpha value is -0.840. The van der Waals surface area contributed by atoms with Crippen LogP contribution in [0.1, 0.15) is 0 Å². The number of carbonyl (C=O) groups is 3. The summed E-state index contributed by atoms with van der Waals surface area (Å²) in [7, 11) is 7.32. The van der Waals surface area contributed by atoms with Crippen LogP contribution in [0.5, 0.6) is 0 Å². The van der Waals surface area contributed by atoms with Gasteiger partial charge < -0.3 is 30.9 Å². The van der Waals surface area contributed by atoms with Gasteiger partial charge in [-0.2, -0.15) is 13.2 Å². The molecule has 16 heteroatoms. The minimum Gasteiger partial charge on any atom is -0.475 e. The van der Waals surface area contributed by atoms with Crippen LogP contribution in [0.25, 0.3) is 0 Å². The van der Waals surface area contributed by atoms with E-state index in [-0.39, 0.29) is 12.1 Å². The molecule has 0 unspecified atom stereocenters. The van der Waals surface area contributed by atoms with Crippen molar-refractivity contribution in [1.82, 2.24) is 25.8 Å². The number of carbonyl (C=O) groups excluding carboxylic acids is 2. The Morgan fingerprint density at radius 1 is 0.719 bits per heavy atom. The Labute approximate surface area is 200 Å². The van der Waals surface area contributed by atoms with Gasteiger partial charge in [-0.05, 0) is 0 Å². The number of nitrogens with one attached hydrogen (secondary N) is 3. The number of alkyl halides is 3. The minimum atomic E-state index is -5.08. The highest BCUT2D eigenvalue weighted by Crippen LogP contribution is 2.24. The zero-order valence-corrected chi connectivity index (χ0v) is 20.6. The lowest BCUT2D eigenvalue weighted by atomic mass is 10.5. The normalized spacial score (nSPS) is 17.3. The quantitative estimate of drug-likeness (QED) is 0.297. The molecular weight excluding hydrogens is 511 g/mol. The van der Waals surface area contributed by atoms with Gasteiger partial charge in [0.2, 0.25) is 0 Å². The molecule has 0 aliphatic carbocycles. The molecule has 2 saturated heterocycles. The van der Waals surface area contributed by atoms with E-state index in [0.29, 0.717) is 26.2 Å². The number of hydrogen-bond donors (Lipinski definition) is 4. The number of rotatable bonds is 6. The van der Waals surface area contributed by atoms with E-state index in [1.165, 1.54) is 0 Å². The zero-order chi connectivity index (χ0) is 23.8. The first-order valence-corrected chi connectivity index (χ1v) is 14.7. The minimum absolute atomic E-state index is 0.0232. The second-order valence-electron chi connectivity index (χ2n) is 6.28. The van der Waals surface area contributed by atoms with E-state index in [4.69, 9.17) is 9.90 Å². The van der Waals surface area contributed by atoms with E-state index in [2.05, 4.69) is 16.0 Å². The van der Waals surface area contributed by atoms with Crippen LogP contribution < -0.4 is 16.0 Å². The number of amides is 4. The molecule has 186 valence electrons. The van der Waals surface area contributed by atoms with Gasteiger partial charge in [-0.15, -0.1) is 0 Å². The summed E-state index contributed by atoms with van der Waals surface area (Å²) in [6.45, 7) is 5.88. The molecule has 32 heavy (non-hydrogen) atoms. The maximum atomic E-state index is 12.0. The van der Waals surface area contributed by atoms with Crippen molar-refractivity contribution in [2.75, 3.05) is 75.4 Å². The molecule has 4 N–H and O–H groups in total. The van der Waals surface area contributed by atoms with Gasteiger partial charge in [0, 0.05) is 75.4 Å². The van der Waals surface area contributed by atoms with E-state index in [1.54, 1.807) is 0 Å². The number of halogens is 3. The van der Waals surface area contributed by atoms with Gasteiger partial charge in [-0.3, -0.25) is 0 Å². The summed E-state index contributed by atoms with van der Waals surface area (Å²) in [5, 5.41) is 16.3. The molecule has 2 aliphatic heterocycles. The summed E-state index contributed by atoms with van der Waals surface area (Å²) in [6.07, 6.45) is -5.08. The van der Waals surface area contributed by atoms with Crippen molar-refractivity contribution in [2.24, 2.45) is 0 Å². The highest BCUT2D eigenvalue weighted by molar-refractivity contribution is 8.77. The highest BCUT2D eigenvalue weighted by Gasteiger charge is 2.38. The maximum Gasteiger partial charge on any atom is 0.490 e. The molecule has 0 aromatic carbocycles. The Kier molecular flexibility index (Phi) is 15.3. The van der Waals surface area contributed by atoms with E-state index < -0.39 is 12.1 Å². The highest BCUT2D eigenvalue weighted by atomic mass is 33.1. The van der Waals surface area contributed by atoms with Crippen molar-refractivity contribution in [3.05, 3.63) is 0 Å². The van der Waals surface area contributed by atoms with Crippen LogP contribution in [-0.4, -0.2) is 114 Å². The van der Waals surface area contributed by atoms with Crippen LogP contribution in [0.15, 0.2) is 0 Å². The van der Waals surface area contributed by atoms with Crippen molar-refractivity contribution in [3.8, 4) is 0 Å².